The van der Waals surface area contributed by atoms with E-state index in [4.69, 9.17) is 16.2 Å². The van der Waals surface area contributed by atoms with Crippen molar-refractivity contribution >= 4 is 11.6 Å². The Morgan fingerprint density at radius 3 is 2.41 bits per heavy atom. The minimum Gasteiger partial charge on any atom is -0.399 e. The molecule has 0 radical (unpaired) electrons. The molecule has 2 aliphatic rings. The van der Waals surface area contributed by atoms with E-state index in [0.717, 1.165) is 42.5 Å². The first-order valence-electron chi connectivity index (χ1n) is 11.3. The number of amides is 1. The maximum Gasteiger partial charge on any atom is 0.239 e. The van der Waals surface area contributed by atoms with Crippen LogP contribution in [-0.2, 0) is 16.0 Å². The van der Waals surface area contributed by atoms with Gasteiger partial charge >= 0.3 is 0 Å². The predicted molar refractivity (Wildman–Crippen MR) is 117 cm³/mol. The molecule has 0 aliphatic carbocycles. The van der Waals surface area contributed by atoms with Gasteiger partial charge in [0.15, 0.2) is 0 Å². The molecule has 1 aromatic rings. The number of nitrogens with zero attached hydrogens (tertiary/aromatic N) is 2. The van der Waals surface area contributed by atoms with Crippen LogP contribution in [0.25, 0.3) is 0 Å². The van der Waals surface area contributed by atoms with Gasteiger partial charge in [0.05, 0.1) is 44.9 Å². The molecule has 3 rings (SSSR count). The predicted octanol–water partition coefficient (Wildman–Crippen LogP) is 2.02. The van der Waals surface area contributed by atoms with Crippen LogP contribution in [0.2, 0.25) is 0 Å². The van der Waals surface area contributed by atoms with Crippen molar-refractivity contribution in [2.75, 3.05) is 51.7 Å². The number of anilines is 1. The van der Waals surface area contributed by atoms with Crippen LogP contribution >= 0.6 is 0 Å². The highest BCUT2D eigenvalue weighted by atomic mass is 16.5. The van der Waals surface area contributed by atoms with E-state index in [-0.39, 0.29) is 17.9 Å². The summed E-state index contributed by atoms with van der Waals surface area (Å²) >= 11 is 0. The van der Waals surface area contributed by atoms with E-state index in [1.807, 2.05) is 17.0 Å². The Hall–Kier alpha value is -1.63. The van der Waals surface area contributed by atoms with Crippen LogP contribution in [0, 0.1) is 5.92 Å². The minimum atomic E-state index is -0.371. The molecule has 0 bridgehead atoms. The van der Waals surface area contributed by atoms with Gasteiger partial charge in [-0.25, -0.2) is 0 Å². The molecule has 0 spiro atoms. The number of rotatable bonds is 7. The SMILES string of the molecule is CCC[N+]1(C(C)Cc2ccc(N)cc2)CCC(C(N)C(=O)N2CCOCC2)CC1. The molecular weight excluding hydrogens is 364 g/mol. The number of hydrogen-bond acceptors (Lipinski definition) is 4. The number of carbonyl (C=O) groups is 1. The molecule has 0 saturated carbocycles. The summed E-state index contributed by atoms with van der Waals surface area (Å²) < 4.78 is 6.50. The van der Waals surface area contributed by atoms with E-state index in [2.05, 4.69) is 26.0 Å². The second-order valence-electron chi connectivity index (χ2n) is 8.98. The molecule has 6 nitrogen and oxygen atoms in total. The number of ether oxygens (including phenoxy) is 1. The summed E-state index contributed by atoms with van der Waals surface area (Å²) in [4.78, 5) is 14.7. The van der Waals surface area contributed by atoms with E-state index in [9.17, 15) is 4.79 Å². The highest BCUT2D eigenvalue weighted by molar-refractivity contribution is 5.82. The Morgan fingerprint density at radius 2 is 1.83 bits per heavy atom. The highest BCUT2D eigenvalue weighted by Gasteiger charge is 2.41. The first kappa shape index (κ1) is 22.1. The largest absolute Gasteiger partial charge is 0.399 e. The third kappa shape index (κ3) is 5.30. The number of nitrogen functional groups attached to an aromatic ring is 1. The van der Waals surface area contributed by atoms with Gasteiger partial charge in [-0.15, -0.1) is 0 Å². The van der Waals surface area contributed by atoms with Crippen LogP contribution in [0.3, 0.4) is 0 Å². The van der Waals surface area contributed by atoms with Crippen LogP contribution < -0.4 is 11.5 Å². The number of nitrogens with two attached hydrogens (primary N) is 2. The number of quaternary nitrogens is 1. The third-order valence-electron chi connectivity index (χ3n) is 7.12. The molecule has 4 N–H and O–H groups in total. The second kappa shape index (κ2) is 9.92. The number of morpholine rings is 1. The van der Waals surface area contributed by atoms with Gasteiger partial charge in [-0.3, -0.25) is 4.79 Å². The fraction of sp³-hybridized carbons (Fsp3) is 0.696. The van der Waals surface area contributed by atoms with Gasteiger partial charge in [0.2, 0.25) is 5.91 Å². The molecule has 2 aliphatic heterocycles. The monoisotopic (exact) mass is 403 g/mol. The fourth-order valence-electron chi connectivity index (χ4n) is 5.18. The van der Waals surface area contributed by atoms with Gasteiger partial charge in [0.1, 0.15) is 0 Å². The van der Waals surface area contributed by atoms with Crippen molar-refractivity contribution < 1.29 is 14.0 Å². The lowest BCUT2D eigenvalue weighted by molar-refractivity contribution is -0.954. The van der Waals surface area contributed by atoms with Crippen LogP contribution in [0.4, 0.5) is 5.69 Å². The van der Waals surface area contributed by atoms with Crippen molar-refractivity contribution in [2.24, 2.45) is 11.7 Å². The molecule has 0 aromatic heterocycles. The molecule has 2 unspecified atom stereocenters. The lowest BCUT2D eigenvalue weighted by atomic mass is 9.86. The lowest BCUT2D eigenvalue weighted by Gasteiger charge is -2.49. The van der Waals surface area contributed by atoms with Gasteiger partial charge in [-0.05, 0) is 37.0 Å². The second-order valence-corrected chi connectivity index (χ2v) is 8.98. The van der Waals surface area contributed by atoms with Crippen molar-refractivity contribution in [2.45, 2.75) is 51.6 Å². The number of piperidine rings is 1. The van der Waals surface area contributed by atoms with Gasteiger partial charge in [0.25, 0.3) is 0 Å². The average molecular weight is 404 g/mol. The summed E-state index contributed by atoms with van der Waals surface area (Å²) in [7, 11) is 0. The molecule has 1 amide bonds. The fourth-order valence-corrected chi connectivity index (χ4v) is 5.18. The third-order valence-corrected chi connectivity index (χ3v) is 7.12. The molecule has 29 heavy (non-hydrogen) atoms. The summed E-state index contributed by atoms with van der Waals surface area (Å²) in [5.74, 6) is 0.404. The highest BCUT2D eigenvalue weighted by Crippen LogP contribution is 2.30. The number of benzene rings is 1. The van der Waals surface area contributed by atoms with Crippen LogP contribution in [-0.4, -0.2) is 73.3 Å². The zero-order valence-corrected chi connectivity index (χ0v) is 18.2. The summed E-state index contributed by atoms with van der Waals surface area (Å²) in [6.45, 7) is 10.7. The molecule has 2 atom stereocenters. The quantitative estimate of drug-likeness (QED) is 0.539. The summed E-state index contributed by atoms with van der Waals surface area (Å²) in [5, 5.41) is 0. The van der Waals surface area contributed by atoms with E-state index in [0.29, 0.717) is 32.3 Å². The normalized spacial score (nSPS) is 27.4. The van der Waals surface area contributed by atoms with E-state index >= 15 is 0 Å². The van der Waals surface area contributed by atoms with Crippen molar-refractivity contribution in [1.29, 1.82) is 0 Å². The van der Waals surface area contributed by atoms with Crippen LogP contribution in [0.5, 0.6) is 0 Å². The van der Waals surface area contributed by atoms with E-state index < -0.39 is 0 Å². The first-order chi connectivity index (χ1) is 13.9. The van der Waals surface area contributed by atoms with E-state index in [1.54, 1.807) is 0 Å². The van der Waals surface area contributed by atoms with Crippen LogP contribution in [0.15, 0.2) is 24.3 Å². The summed E-state index contributed by atoms with van der Waals surface area (Å²) in [6, 6.07) is 8.47. The van der Waals surface area contributed by atoms with Gasteiger partial charge < -0.3 is 25.6 Å². The Labute approximate surface area is 175 Å². The maximum absolute atomic E-state index is 12.8. The average Bonchev–Trinajstić information content (AvgIpc) is 2.75. The summed E-state index contributed by atoms with van der Waals surface area (Å²) in [6.07, 6.45) is 4.30. The van der Waals surface area contributed by atoms with Gasteiger partial charge in [-0.2, -0.15) is 0 Å². The minimum absolute atomic E-state index is 0.115. The molecule has 2 fully saturated rings. The van der Waals surface area contributed by atoms with Crippen molar-refractivity contribution in [3.05, 3.63) is 29.8 Å². The maximum atomic E-state index is 12.8. The van der Waals surface area contributed by atoms with Crippen molar-refractivity contribution in [3.63, 3.8) is 0 Å². The van der Waals surface area contributed by atoms with Crippen molar-refractivity contribution in [1.82, 2.24) is 4.90 Å². The van der Waals surface area contributed by atoms with Crippen LogP contribution in [0.1, 0.15) is 38.7 Å². The zero-order valence-electron chi connectivity index (χ0n) is 18.2. The smallest absolute Gasteiger partial charge is 0.239 e. The Balaban J connectivity index is 1.60. The van der Waals surface area contributed by atoms with Crippen molar-refractivity contribution in [3.8, 4) is 0 Å². The zero-order chi connectivity index (χ0) is 20.9. The molecule has 162 valence electrons. The van der Waals surface area contributed by atoms with Gasteiger partial charge in [0, 0.05) is 38.0 Å². The number of carbonyl (C=O) groups excluding carboxylic acids is 1. The molecule has 6 heteroatoms. The Morgan fingerprint density at radius 1 is 1.21 bits per heavy atom. The standard InChI is InChI=1S/C23H39N4O2/c1-3-12-27(18(2)17-19-4-6-21(24)7-5-19)13-8-20(9-14-27)22(25)23(28)26-10-15-29-16-11-26/h4-7,18,20,22H,3,8-17,24-25H2,1-2H3/q+1. The molecular formula is C23H39N4O2+. The molecule has 1 aromatic carbocycles. The topological polar surface area (TPSA) is 81.6 Å². The van der Waals surface area contributed by atoms with E-state index in [1.165, 1.54) is 18.5 Å². The number of hydrogen-bond donors (Lipinski definition) is 2. The van der Waals surface area contributed by atoms with Gasteiger partial charge in [-0.1, -0.05) is 19.1 Å². The Kier molecular flexibility index (Phi) is 7.55. The molecule has 2 saturated heterocycles. The first-order valence-corrected chi connectivity index (χ1v) is 11.3. The lowest BCUT2D eigenvalue weighted by Crippen LogP contribution is -2.61. The molecule has 2 heterocycles. The Bertz CT molecular complexity index is 649. The summed E-state index contributed by atoms with van der Waals surface area (Å²) in [5.41, 5.74) is 14.5. The number of likely N-dealkylation sites (tertiary alicyclic amines) is 1.